The van der Waals surface area contributed by atoms with Crippen molar-refractivity contribution in [1.29, 1.82) is 0 Å². The first-order valence-corrected chi connectivity index (χ1v) is 14.3. The lowest BCUT2D eigenvalue weighted by Gasteiger charge is -2.20. The summed E-state index contributed by atoms with van der Waals surface area (Å²) >= 11 is 0. The largest absolute Gasteiger partial charge is 0.482 e. The first kappa shape index (κ1) is 30.6. The molecule has 0 aliphatic carbocycles. The van der Waals surface area contributed by atoms with E-state index in [0.29, 0.717) is 37.4 Å². The van der Waals surface area contributed by atoms with Crippen molar-refractivity contribution in [3.63, 3.8) is 0 Å². The Morgan fingerprint density at radius 1 is 0.875 bits per heavy atom. The zero-order valence-electron chi connectivity index (χ0n) is 21.9. The second-order valence-corrected chi connectivity index (χ2v) is 10.9. The van der Waals surface area contributed by atoms with Crippen molar-refractivity contribution in [3.05, 3.63) is 59.7 Å². The first-order valence-electron chi connectivity index (χ1n) is 12.9. The zero-order valence-corrected chi connectivity index (χ0v) is 22.7. The van der Waals surface area contributed by atoms with Gasteiger partial charge in [-0.25, -0.2) is 13.2 Å². The molecule has 1 fully saturated rings. The molecule has 0 bridgehead atoms. The van der Waals surface area contributed by atoms with Gasteiger partial charge in [-0.05, 0) is 86.1 Å². The summed E-state index contributed by atoms with van der Waals surface area (Å²) in [5, 5.41) is 25.7. The second-order valence-electron chi connectivity index (χ2n) is 8.98. The van der Waals surface area contributed by atoms with Gasteiger partial charge in [0.25, 0.3) is 0 Å². The summed E-state index contributed by atoms with van der Waals surface area (Å²) in [5.41, 5.74) is 1.47. The average molecular weight is 576 g/mol. The summed E-state index contributed by atoms with van der Waals surface area (Å²) < 4.78 is 31.7. The molecular weight excluding hydrogens is 542 g/mol. The van der Waals surface area contributed by atoms with Gasteiger partial charge in [0.05, 0.1) is 17.3 Å². The van der Waals surface area contributed by atoms with Crippen molar-refractivity contribution in [2.45, 2.75) is 49.5 Å². The maximum Gasteiger partial charge on any atom is 0.341 e. The normalized spacial score (nSPS) is 15.9. The summed E-state index contributed by atoms with van der Waals surface area (Å²) in [6.45, 7) is 0.734. The minimum atomic E-state index is -3.87. The highest BCUT2D eigenvalue weighted by molar-refractivity contribution is 7.89. The Labute approximate surface area is 232 Å². The molecule has 2 N–H and O–H groups in total. The number of unbranched alkanes of at least 4 members (excludes halogenated alkanes) is 3. The molecule has 13 heteroatoms. The highest BCUT2D eigenvalue weighted by Crippen LogP contribution is 2.26. The van der Waals surface area contributed by atoms with Crippen LogP contribution in [0.3, 0.4) is 0 Å². The van der Waals surface area contributed by atoms with Crippen LogP contribution in [0.2, 0.25) is 0 Å². The molecule has 12 nitrogen and oxygen atoms in total. The number of carboxylic acids is 2. The van der Waals surface area contributed by atoms with Gasteiger partial charge in [0, 0.05) is 6.54 Å². The van der Waals surface area contributed by atoms with Gasteiger partial charge in [0.2, 0.25) is 10.0 Å². The number of aliphatic carboxylic acids is 2. The van der Waals surface area contributed by atoms with Gasteiger partial charge in [-0.2, -0.15) is 4.31 Å². The summed E-state index contributed by atoms with van der Waals surface area (Å²) in [6, 6.07) is 11.9. The number of hydrogen-bond acceptors (Lipinski definition) is 9. The van der Waals surface area contributed by atoms with E-state index in [1.807, 2.05) is 0 Å². The Morgan fingerprint density at radius 2 is 1.43 bits per heavy atom. The van der Waals surface area contributed by atoms with Crippen LogP contribution in [0.25, 0.3) is 0 Å². The van der Waals surface area contributed by atoms with Crippen molar-refractivity contribution in [2.24, 2.45) is 10.3 Å². The van der Waals surface area contributed by atoms with Crippen LogP contribution >= 0.6 is 0 Å². The molecule has 2 aromatic rings. The van der Waals surface area contributed by atoms with E-state index in [1.54, 1.807) is 42.6 Å². The van der Waals surface area contributed by atoms with E-state index in [4.69, 9.17) is 19.5 Å². The Kier molecular flexibility index (Phi) is 11.9. The number of carboxylic acid groups (broad SMARTS) is 2. The summed E-state index contributed by atoms with van der Waals surface area (Å²) in [6.07, 6.45) is 7.42. The van der Waals surface area contributed by atoms with Crippen molar-refractivity contribution >= 4 is 34.4 Å². The Bertz CT molecular complexity index is 1260. The zero-order chi connectivity index (χ0) is 28.8. The molecule has 1 atom stereocenters. The van der Waals surface area contributed by atoms with Crippen LogP contribution in [0.4, 0.5) is 0 Å². The van der Waals surface area contributed by atoms with E-state index in [-0.39, 0.29) is 18.0 Å². The van der Waals surface area contributed by atoms with E-state index in [0.717, 1.165) is 35.6 Å². The van der Waals surface area contributed by atoms with Crippen LogP contribution in [0.1, 0.15) is 49.7 Å². The van der Waals surface area contributed by atoms with Gasteiger partial charge < -0.3 is 24.6 Å². The van der Waals surface area contributed by atoms with Gasteiger partial charge in [0.1, 0.15) is 25.0 Å². The number of ether oxygens (including phenoxy) is 1. The third-order valence-electron chi connectivity index (χ3n) is 5.99. The number of carbonyl (C=O) groups is 2. The summed E-state index contributed by atoms with van der Waals surface area (Å²) in [4.78, 5) is 32.4. The number of oxime groups is 2. The number of nitrogens with zero attached hydrogens (tertiary/aromatic N) is 3. The number of sulfonamides is 1. The lowest BCUT2D eigenvalue weighted by molar-refractivity contribution is -0.141. The van der Waals surface area contributed by atoms with E-state index in [1.165, 1.54) is 18.3 Å². The van der Waals surface area contributed by atoms with Crippen LogP contribution in [-0.2, 0) is 29.3 Å². The molecule has 0 saturated carbocycles. The van der Waals surface area contributed by atoms with Crippen LogP contribution in [-0.4, -0.2) is 79.7 Å². The Morgan fingerprint density at radius 3 is 1.95 bits per heavy atom. The molecular formula is C27H33N3O9S. The van der Waals surface area contributed by atoms with Gasteiger partial charge in [-0.1, -0.05) is 22.4 Å². The number of benzene rings is 2. The smallest absolute Gasteiger partial charge is 0.341 e. The van der Waals surface area contributed by atoms with Crippen LogP contribution in [0, 0.1) is 0 Å². The molecule has 0 spiro atoms. The van der Waals surface area contributed by atoms with Crippen molar-refractivity contribution in [3.8, 4) is 5.75 Å². The maximum absolute atomic E-state index is 12.8. The molecule has 216 valence electrons. The maximum atomic E-state index is 12.8. The number of rotatable bonds is 17. The van der Waals surface area contributed by atoms with Crippen molar-refractivity contribution < 1.29 is 42.6 Å². The van der Waals surface area contributed by atoms with Crippen LogP contribution < -0.4 is 4.74 Å². The van der Waals surface area contributed by atoms with Gasteiger partial charge >= 0.3 is 11.9 Å². The third-order valence-corrected chi connectivity index (χ3v) is 7.91. The standard InChI is InChI=1S/C27H33N3O9S/c31-26(32)20-37-23-11-7-21(8-12-23)18-28-38-16-3-1-2-4-17-39-29-19-22-9-13-24(14-10-22)40(35,36)30-15-5-6-25(30)27(33)34/h7-14,18-19,25H,1-6,15-17,20H2,(H,31,32)(H,33,34)/b28-18-,29-19+. The van der Waals surface area contributed by atoms with Gasteiger partial charge in [-0.3, -0.25) is 4.79 Å². The lowest BCUT2D eigenvalue weighted by atomic mass is 10.2. The predicted molar refractivity (Wildman–Crippen MR) is 146 cm³/mol. The molecule has 1 unspecified atom stereocenters. The Balaban J connectivity index is 1.25. The number of hydrogen-bond donors (Lipinski definition) is 2. The first-order chi connectivity index (χ1) is 19.3. The fourth-order valence-electron chi connectivity index (χ4n) is 3.92. The third kappa shape index (κ3) is 9.65. The monoisotopic (exact) mass is 575 g/mol. The minimum absolute atomic E-state index is 0.0483. The van der Waals surface area contributed by atoms with Crippen molar-refractivity contribution in [2.75, 3.05) is 26.4 Å². The van der Waals surface area contributed by atoms with Crippen molar-refractivity contribution in [1.82, 2.24) is 4.31 Å². The molecule has 0 aromatic heterocycles. The molecule has 1 aliphatic rings. The molecule has 1 aliphatic heterocycles. The SMILES string of the molecule is O=C(O)COc1ccc(/C=N\OCCCCCCO/N=C/c2ccc(S(=O)(=O)N3CCCC3C(=O)O)cc2)cc1. The summed E-state index contributed by atoms with van der Waals surface area (Å²) in [5.74, 6) is -1.70. The topological polar surface area (TPSA) is 164 Å². The highest BCUT2D eigenvalue weighted by atomic mass is 32.2. The molecule has 1 saturated heterocycles. The van der Waals surface area contributed by atoms with Gasteiger partial charge in [0.15, 0.2) is 6.61 Å². The fourth-order valence-corrected chi connectivity index (χ4v) is 5.57. The van der Waals surface area contributed by atoms with E-state index < -0.39 is 28.0 Å². The van der Waals surface area contributed by atoms with E-state index >= 15 is 0 Å². The molecule has 2 aromatic carbocycles. The van der Waals surface area contributed by atoms with Gasteiger partial charge in [-0.15, -0.1) is 0 Å². The highest BCUT2D eigenvalue weighted by Gasteiger charge is 2.39. The molecule has 0 amide bonds. The minimum Gasteiger partial charge on any atom is -0.482 e. The van der Waals surface area contributed by atoms with Crippen LogP contribution in [0.5, 0.6) is 5.75 Å². The van der Waals surface area contributed by atoms with E-state index in [9.17, 15) is 23.1 Å². The second kappa shape index (κ2) is 15.6. The molecule has 40 heavy (non-hydrogen) atoms. The molecule has 1 heterocycles. The Hall–Kier alpha value is -3.97. The average Bonchev–Trinajstić information content (AvgIpc) is 3.45. The predicted octanol–water partition coefficient (Wildman–Crippen LogP) is 3.35. The summed E-state index contributed by atoms with van der Waals surface area (Å²) in [7, 11) is -3.87. The molecule has 0 radical (unpaired) electrons. The quantitative estimate of drug-likeness (QED) is 0.163. The fraction of sp³-hybridized carbons (Fsp3) is 0.407. The lowest BCUT2D eigenvalue weighted by Crippen LogP contribution is -2.40. The van der Waals surface area contributed by atoms with Crippen LogP contribution in [0.15, 0.2) is 63.7 Å². The van der Waals surface area contributed by atoms with E-state index in [2.05, 4.69) is 10.3 Å². The molecule has 3 rings (SSSR count).